The zero-order valence-electron chi connectivity index (χ0n) is 9.88. The minimum atomic E-state index is -1.10. The summed E-state index contributed by atoms with van der Waals surface area (Å²) < 4.78 is 0. The van der Waals surface area contributed by atoms with Gasteiger partial charge in [-0.2, -0.15) is 0 Å². The van der Waals surface area contributed by atoms with Gasteiger partial charge in [-0.05, 0) is 43.2 Å². The fraction of sp³-hybridized carbons (Fsp3) is 0.214. The van der Waals surface area contributed by atoms with Crippen LogP contribution in [0.4, 0.5) is 0 Å². The predicted molar refractivity (Wildman–Crippen MR) is 65.8 cm³/mol. The Kier molecular flexibility index (Phi) is 2.86. The highest BCUT2D eigenvalue weighted by atomic mass is 16.3. The van der Waals surface area contributed by atoms with E-state index in [0.29, 0.717) is 0 Å². The standard InChI is InChI=1S/C14H15NO2/c1-10-7-12(9-15-8-10)14(2,17)11-3-5-13(16)6-4-11/h3-9,16-17H,1-2H3. The maximum absolute atomic E-state index is 10.6. The molecule has 2 rings (SSSR count). The van der Waals surface area contributed by atoms with Gasteiger partial charge in [-0.3, -0.25) is 4.98 Å². The summed E-state index contributed by atoms with van der Waals surface area (Å²) in [5, 5.41) is 19.8. The molecule has 1 aromatic carbocycles. The number of benzene rings is 1. The van der Waals surface area contributed by atoms with Crippen LogP contribution >= 0.6 is 0 Å². The van der Waals surface area contributed by atoms with E-state index in [0.717, 1.165) is 16.7 Å². The van der Waals surface area contributed by atoms with Crippen LogP contribution in [0.5, 0.6) is 5.75 Å². The number of aryl methyl sites for hydroxylation is 1. The topological polar surface area (TPSA) is 53.4 Å². The van der Waals surface area contributed by atoms with Gasteiger partial charge < -0.3 is 10.2 Å². The number of nitrogens with zero attached hydrogens (tertiary/aromatic N) is 1. The molecule has 1 unspecified atom stereocenters. The quantitative estimate of drug-likeness (QED) is 0.831. The number of aliphatic hydroxyl groups is 1. The summed E-state index contributed by atoms with van der Waals surface area (Å²) in [5.74, 6) is 0.187. The molecule has 0 saturated heterocycles. The first-order chi connectivity index (χ1) is 8.00. The molecule has 0 bridgehead atoms. The zero-order chi connectivity index (χ0) is 12.5. The number of aromatic hydroxyl groups is 1. The maximum atomic E-state index is 10.6. The van der Waals surface area contributed by atoms with Gasteiger partial charge in [-0.25, -0.2) is 0 Å². The molecule has 3 nitrogen and oxygen atoms in total. The van der Waals surface area contributed by atoms with Crippen LogP contribution in [0.15, 0.2) is 42.7 Å². The summed E-state index contributed by atoms with van der Waals surface area (Å²) in [7, 11) is 0. The van der Waals surface area contributed by atoms with Crippen molar-refractivity contribution in [3.05, 3.63) is 59.4 Å². The Balaban J connectivity index is 2.45. The van der Waals surface area contributed by atoms with Crippen molar-refractivity contribution in [3.63, 3.8) is 0 Å². The molecule has 0 aliphatic rings. The molecule has 2 N–H and O–H groups in total. The van der Waals surface area contributed by atoms with E-state index in [-0.39, 0.29) is 5.75 Å². The summed E-state index contributed by atoms with van der Waals surface area (Å²) in [5.41, 5.74) is 1.36. The predicted octanol–water partition coefficient (Wildman–Crippen LogP) is 2.35. The molecule has 0 fully saturated rings. The largest absolute Gasteiger partial charge is 0.508 e. The van der Waals surface area contributed by atoms with Gasteiger partial charge in [0.25, 0.3) is 0 Å². The highest BCUT2D eigenvalue weighted by molar-refractivity contribution is 5.37. The normalized spacial score (nSPS) is 14.3. The summed E-state index contributed by atoms with van der Waals surface area (Å²) in [4.78, 5) is 4.08. The Morgan fingerprint density at radius 1 is 1.06 bits per heavy atom. The highest BCUT2D eigenvalue weighted by Crippen LogP contribution is 2.29. The molecule has 3 heteroatoms. The second kappa shape index (κ2) is 4.18. The molecule has 1 atom stereocenters. The van der Waals surface area contributed by atoms with Crippen LogP contribution in [0.1, 0.15) is 23.6 Å². The third-order valence-electron chi connectivity index (χ3n) is 2.87. The molecule has 17 heavy (non-hydrogen) atoms. The number of hydrogen-bond acceptors (Lipinski definition) is 3. The molecule has 0 amide bonds. The Morgan fingerprint density at radius 2 is 1.71 bits per heavy atom. The molecule has 0 spiro atoms. The van der Waals surface area contributed by atoms with Crippen LogP contribution in [0.25, 0.3) is 0 Å². The Labute approximate surface area is 100 Å². The lowest BCUT2D eigenvalue weighted by Gasteiger charge is -2.24. The number of pyridine rings is 1. The summed E-state index contributed by atoms with van der Waals surface area (Å²) in [6.07, 6.45) is 3.40. The Morgan fingerprint density at radius 3 is 2.29 bits per heavy atom. The minimum Gasteiger partial charge on any atom is -0.508 e. The van der Waals surface area contributed by atoms with Gasteiger partial charge in [0.15, 0.2) is 0 Å². The first kappa shape index (κ1) is 11.6. The minimum absolute atomic E-state index is 0.187. The van der Waals surface area contributed by atoms with Crippen molar-refractivity contribution >= 4 is 0 Å². The molecule has 0 saturated carbocycles. The summed E-state index contributed by atoms with van der Waals surface area (Å²) in [6, 6.07) is 8.44. The van der Waals surface area contributed by atoms with Gasteiger partial charge in [0, 0.05) is 18.0 Å². The van der Waals surface area contributed by atoms with E-state index in [2.05, 4.69) is 4.98 Å². The Hall–Kier alpha value is -1.87. The van der Waals surface area contributed by atoms with Crippen molar-refractivity contribution in [1.82, 2.24) is 4.98 Å². The molecule has 0 radical (unpaired) electrons. The lowest BCUT2D eigenvalue weighted by molar-refractivity contribution is 0.102. The van der Waals surface area contributed by atoms with E-state index in [1.165, 1.54) is 0 Å². The number of phenolic OH excluding ortho intramolecular Hbond substituents is 1. The lowest BCUT2D eigenvalue weighted by Crippen LogP contribution is -2.22. The van der Waals surface area contributed by atoms with E-state index in [1.54, 1.807) is 43.6 Å². The second-order valence-electron chi connectivity index (χ2n) is 4.37. The van der Waals surface area contributed by atoms with Crippen LogP contribution in [-0.4, -0.2) is 15.2 Å². The van der Waals surface area contributed by atoms with Crippen molar-refractivity contribution in [2.45, 2.75) is 19.4 Å². The van der Waals surface area contributed by atoms with Crippen molar-refractivity contribution in [2.75, 3.05) is 0 Å². The molecular formula is C14H15NO2. The molecule has 0 aliphatic heterocycles. The Bertz CT molecular complexity index is 518. The fourth-order valence-electron chi connectivity index (χ4n) is 1.77. The van der Waals surface area contributed by atoms with E-state index in [9.17, 15) is 10.2 Å². The van der Waals surface area contributed by atoms with Gasteiger partial charge in [-0.1, -0.05) is 12.1 Å². The smallest absolute Gasteiger partial charge is 0.115 e. The number of rotatable bonds is 2. The van der Waals surface area contributed by atoms with Crippen molar-refractivity contribution in [3.8, 4) is 5.75 Å². The average molecular weight is 229 g/mol. The number of phenols is 1. The molecular weight excluding hydrogens is 214 g/mol. The van der Waals surface area contributed by atoms with Crippen LogP contribution in [0.2, 0.25) is 0 Å². The SMILES string of the molecule is Cc1cncc(C(C)(O)c2ccc(O)cc2)c1. The molecule has 2 aromatic rings. The summed E-state index contributed by atoms with van der Waals surface area (Å²) >= 11 is 0. The number of aromatic nitrogens is 1. The van der Waals surface area contributed by atoms with Crippen molar-refractivity contribution in [2.24, 2.45) is 0 Å². The summed E-state index contributed by atoms with van der Waals surface area (Å²) in [6.45, 7) is 3.65. The lowest BCUT2D eigenvalue weighted by atomic mass is 9.89. The third-order valence-corrected chi connectivity index (χ3v) is 2.87. The molecule has 0 aliphatic carbocycles. The fourth-order valence-corrected chi connectivity index (χ4v) is 1.77. The molecule has 1 heterocycles. The maximum Gasteiger partial charge on any atom is 0.115 e. The van der Waals surface area contributed by atoms with Gasteiger partial charge in [0.05, 0.1) is 0 Å². The zero-order valence-corrected chi connectivity index (χ0v) is 9.88. The second-order valence-corrected chi connectivity index (χ2v) is 4.37. The van der Waals surface area contributed by atoms with E-state index < -0.39 is 5.60 Å². The van der Waals surface area contributed by atoms with Gasteiger partial charge in [0.1, 0.15) is 11.4 Å². The average Bonchev–Trinajstić information content (AvgIpc) is 2.29. The van der Waals surface area contributed by atoms with E-state index in [4.69, 9.17) is 0 Å². The van der Waals surface area contributed by atoms with Crippen LogP contribution in [-0.2, 0) is 5.60 Å². The monoisotopic (exact) mass is 229 g/mol. The first-order valence-electron chi connectivity index (χ1n) is 5.44. The highest BCUT2D eigenvalue weighted by Gasteiger charge is 2.25. The van der Waals surface area contributed by atoms with Crippen LogP contribution in [0.3, 0.4) is 0 Å². The van der Waals surface area contributed by atoms with Gasteiger partial charge >= 0.3 is 0 Å². The van der Waals surface area contributed by atoms with E-state index >= 15 is 0 Å². The number of hydrogen-bond donors (Lipinski definition) is 2. The van der Waals surface area contributed by atoms with Crippen LogP contribution in [0, 0.1) is 6.92 Å². The van der Waals surface area contributed by atoms with Crippen LogP contribution < -0.4 is 0 Å². The van der Waals surface area contributed by atoms with Crippen molar-refractivity contribution in [1.29, 1.82) is 0 Å². The molecule has 88 valence electrons. The van der Waals surface area contributed by atoms with Gasteiger partial charge in [-0.15, -0.1) is 0 Å². The molecule has 1 aromatic heterocycles. The third kappa shape index (κ3) is 2.29. The van der Waals surface area contributed by atoms with Gasteiger partial charge in [0.2, 0.25) is 0 Å². The first-order valence-corrected chi connectivity index (χ1v) is 5.44. The van der Waals surface area contributed by atoms with E-state index in [1.807, 2.05) is 13.0 Å². The van der Waals surface area contributed by atoms with Crippen molar-refractivity contribution < 1.29 is 10.2 Å².